The minimum absolute atomic E-state index is 0.0143. The maximum Gasteiger partial charge on any atom is 0.438 e. The van der Waals surface area contributed by atoms with Crippen molar-refractivity contribution in [3.63, 3.8) is 0 Å². The molecular weight excluding hydrogens is 403 g/mol. The van der Waals surface area contributed by atoms with Crippen molar-refractivity contribution in [1.29, 1.82) is 0 Å². The van der Waals surface area contributed by atoms with Crippen LogP contribution in [0.2, 0.25) is 0 Å². The molecule has 1 aromatic heterocycles. The lowest BCUT2D eigenvalue weighted by molar-refractivity contribution is -0.186. The first-order valence-corrected chi connectivity index (χ1v) is 9.78. The maximum atomic E-state index is 15.0. The van der Waals surface area contributed by atoms with Crippen molar-refractivity contribution in [1.82, 2.24) is 9.55 Å². The molecule has 7 heteroatoms. The van der Waals surface area contributed by atoms with Crippen molar-refractivity contribution in [2.75, 3.05) is 5.32 Å². The number of hydrogen-bond donors (Lipinski definition) is 1. The highest BCUT2D eigenvalue weighted by atomic mass is 19.4. The second-order valence-corrected chi connectivity index (χ2v) is 7.77. The molecule has 4 aromatic rings. The van der Waals surface area contributed by atoms with Gasteiger partial charge < -0.3 is 5.32 Å². The van der Waals surface area contributed by atoms with E-state index in [1.165, 1.54) is 18.2 Å². The molecule has 156 valence electrons. The molecule has 0 aliphatic carbocycles. The van der Waals surface area contributed by atoms with Crippen LogP contribution in [-0.2, 0) is 5.66 Å². The van der Waals surface area contributed by atoms with E-state index in [1.807, 2.05) is 13.8 Å². The fourth-order valence-electron chi connectivity index (χ4n) is 4.19. The van der Waals surface area contributed by atoms with Crippen molar-refractivity contribution in [2.45, 2.75) is 25.7 Å². The number of benzene rings is 3. The summed E-state index contributed by atoms with van der Waals surface area (Å²) >= 11 is 0. The standard InChI is InChI=1S/C24H18F3N3O/c1-14-12-19-20(13-15(14)2)30-22(28-19)18-11-7-6-10-17(18)21(31)23(30,24(25,26)27)29-16-8-4-3-5-9-16/h3-13,29H,1-2H3. The number of rotatable bonds is 2. The van der Waals surface area contributed by atoms with Crippen molar-refractivity contribution >= 4 is 22.5 Å². The molecule has 1 aliphatic heterocycles. The zero-order valence-corrected chi connectivity index (χ0v) is 16.8. The molecule has 1 unspecified atom stereocenters. The second kappa shape index (κ2) is 6.44. The first-order valence-electron chi connectivity index (χ1n) is 9.78. The van der Waals surface area contributed by atoms with Gasteiger partial charge in [0.2, 0.25) is 5.78 Å². The molecular formula is C24H18F3N3O. The molecule has 0 spiro atoms. The number of fused-ring (bicyclic) bond motifs is 5. The highest BCUT2D eigenvalue weighted by molar-refractivity contribution is 6.11. The van der Waals surface area contributed by atoms with E-state index in [1.54, 1.807) is 48.5 Å². The molecule has 1 atom stereocenters. The zero-order chi connectivity index (χ0) is 22.0. The minimum atomic E-state index is -4.95. The molecule has 0 saturated heterocycles. The van der Waals surface area contributed by atoms with E-state index in [4.69, 9.17) is 0 Å². The largest absolute Gasteiger partial charge is 0.438 e. The smallest absolute Gasteiger partial charge is 0.348 e. The average molecular weight is 421 g/mol. The van der Waals surface area contributed by atoms with Crippen molar-refractivity contribution in [2.24, 2.45) is 0 Å². The monoisotopic (exact) mass is 421 g/mol. The van der Waals surface area contributed by atoms with Crippen molar-refractivity contribution in [3.05, 3.63) is 83.4 Å². The molecule has 5 rings (SSSR count). The number of aromatic nitrogens is 2. The van der Waals surface area contributed by atoms with Crippen LogP contribution in [0.3, 0.4) is 0 Å². The summed E-state index contributed by atoms with van der Waals surface area (Å²) in [6, 6.07) is 17.7. The number of ketones is 1. The SMILES string of the molecule is Cc1cc2nc3n(c2cc1C)C(Nc1ccccc1)(C(F)(F)F)C(=O)c1ccccc1-3. The summed E-state index contributed by atoms with van der Waals surface area (Å²) in [4.78, 5) is 18.2. The quantitative estimate of drug-likeness (QED) is 0.442. The Morgan fingerprint density at radius 3 is 2.19 bits per heavy atom. The van der Waals surface area contributed by atoms with Gasteiger partial charge in [-0.15, -0.1) is 0 Å². The lowest BCUT2D eigenvalue weighted by Crippen LogP contribution is -2.61. The van der Waals surface area contributed by atoms with E-state index >= 15 is 0 Å². The number of para-hydroxylation sites is 1. The fraction of sp³-hybridized carbons (Fsp3) is 0.167. The Kier molecular flexibility index (Phi) is 4.02. The van der Waals surface area contributed by atoms with Gasteiger partial charge in [-0.2, -0.15) is 13.2 Å². The number of aryl methyl sites for hydroxylation is 2. The van der Waals surface area contributed by atoms with E-state index in [0.29, 0.717) is 11.1 Å². The number of nitrogens with zero attached hydrogens (tertiary/aromatic N) is 2. The van der Waals surface area contributed by atoms with E-state index in [0.717, 1.165) is 15.7 Å². The summed E-state index contributed by atoms with van der Waals surface area (Å²) in [7, 11) is 0. The molecule has 0 radical (unpaired) electrons. The number of halogens is 3. The molecule has 4 nitrogen and oxygen atoms in total. The van der Waals surface area contributed by atoms with Gasteiger partial charge in [0, 0.05) is 16.8 Å². The first-order chi connectivity index (χ1) is 14.7. The van der Waals surface area contributed by atoms with Crippen LogP contribution in [0.4, 0.5) is 18.9 Å². The summed E-state index contributed by atoms with van der Waals surface area (Å²) in [5.74, 6) is -0.958. The number of carbonyl (C=O) groups is 1. The van der Waals surface area contributed by atoms with Crippen LogP contribution in [0.1, 0.15) is 21.5 Å². The number of Topliss-reactive ketones (excluding diaryl/α,β-unsaturated/α-hetero) is 1. The third-order valence-electron chi connectivity index (χ3n) is 5.86. The molecule has 2 heterocycles. The van der Waals surface area contributed by atoms with Crippen LogP contribution in [-0.4, -0.2) is 21.5 Å². The van der Waals surface area contributed by atoms with E-state index < -0.39 is 17.6 Å². The number of imidazole rings is 1. The van der Waals surface area contributed by atoms with Crippen LogP contribution in [0.5, 0.6) is 0 Å². The molecule has 0 saturated carbocycles. The Morgan fingerprint density at radius 2 is 1.52 bits per heavy atom. The summed E-state index contributed by atoms with van der Waals surface area (Å²) in [5.41, 5.74) is -0.0900. The van der Waals surface area contributed by atoms with Crippen LogP contribution in [0.15, 0.2) is 66.7 Å². The fourth-order valence-corrected chi connectivity index (χ4v) is 4.19. The van der Waals surface area contributed by atoms with Gasteiger partial charge in [0.25, 0.3) is 5.66 Å². The van der Waals surface area contributed by atoms with Gasteiger partial charge in [0.15, 0.2) is 0 Å². The topological polar surface area (TPSA) is 46.9 Å². The van der Waals surface area contributed by atoms with E-state index in [9.17, 15) is 18.0 Å². The van der Waals surface area contributed by atoms with Crippen molar-refractivity contribution < 1.29 is 18.0 Å². The Balaban J connectivity index is 1.94. The molecule has 0 fully saturated rings. The number of alkyl halides is 3. The molecule has 3 aromatic carbocycles. The van der Waals surface area contributed by atoms with Crippen LogP contribution in [0.25, 0.3) is 22.4 Å². The lowest BCUT2D eigenvalue weighted by atomic mass is 9.88. The summed E-state index contributed by atoms with van der Waals surface area (Å²) in [6.45, 7) is 3.71. The van der Waals surface area contributed by atoms with Gasteiger partial charge in [-0.25, -0.2) is 4.98 Å². The Hall–Kier alpha value is -3.61. The van der Waals surface area contributed by atoms with Gasteiger partial charge >= 0.3 is 6.18 Å². The number of carbonyl (C=O) groups excluding carboxylic acids is 1. The molecule has 1 N–H and O–H groups in total. The first kappa shape index (κ1) is 19.4. The normalized spacial score (nSPS) is 18.0. The molecule has 0 amide bonds. The number of nitrogens with one attached hydrogen (secondary N) is 1. The summed E-state index contributed by atoms with van der Waals surface area (Å²) in [5, 5.41) is 2.54. The van der Waals surface area contributed by atoms with Crippen LogP contribution < -0.4 is 5.32 Å². The van der Waals surface area contributed by atoms with Gasteiger partial charge in [0.05, 0.1) is 11.0 Å². The predicted molar refractivity (Wildman–Crippen MR) is 113 cm³/mol. The molecule has 0 bridgehead atoms. The average Bonchev–Trinajstić information content (AvgIpc) is 3.10. The lowest BCUT2D eigenvalue weighted by Gasteiger charge is -2.41. The Labute approximate surface area is 176 Å². The number of anilines is 1. The third kappa shape index (κ3) is 2.62. The van der Waals surface area contributed by atoms with Gasteiger partial charge in [-0.3, -0.25) is 9.36 Å². The number of hydrogen-bond acceptors (Lipinski definition) is 3. The van der Waals surface area contributed by atoms with Crippen LogP contribution >= 0.6 is 0 Å². The molecule has 31 heavy (non-hydrogen) atoms. The highest BCUT2D eigenvalue weighted by Crippen LogP contribution is 2.49. The zero-order valence-electron chi connectivity index (χ0n) is 16.8. The highest BCUT2D eigenvalue weighted by Gasteiger charge is 2.65. The second-order valence-electron chi connectivity index (χ2n) is 7.77. The summed E-state index contributed by atoms with van der Waals surface area (Å²) < 4.78 is 45.9. The van der Waals surface area contributed by atoms with Gasteiger partial charge in [0.1, 0.15) is 5.82 Å². The maximum absolute atomic E-state index is 15.0. The van der Waals surface area contributed by atoms with E-state index in [2.05, 4.69) is 10.3 Å². The van der Waals surface area contributed by atoms with Crippen LogP contribution in [0, 0.1) is 13.8 Å². The Morgan fingerprint density at radius 1 is 0.903 bits per heavy atom. The predicted octanol–water partition coefficient (Wildman–Crippen LogP) is 5.84. The Bertz CT molecular complexity index is 1340. The van der Waals surface area contributed by atoms with Gasteiger partial charge in [-0.1, -0.05) is 42.5 Å². The molecule has 1 aliphatic rings. The van der Waals surface area contributed by atoms with Gasteiger partial charge in [-0.05, 0) is 49.2 Å². The summed E-state index contributed by atoms with van der Waals surface area (Å²) in [6.07, 6.45) is -4.95. The van der Waals surface area contributed by atoms with E-state index in [-0.39, 0.29) is 22.6 Å². The minimum Gasteiger partial charge on any atom is -0.348 e. The third-order valence-corrected chi connectivity index (χ3v) is 5.86. The van der Waals surface area contributed by atoms with Crippen molar-refractivity contribution in [3.8, 4) is 11.4 Å².